The number of aromatic nitrogens is 3. The lowest BCUT2D eigenvalue weighted by molar-refractivity contribution is 0.0686. The molecule has 1 aliphatic rings. The van der Waals surface area contributed by atoms with Gasteiger partial charge in [0, 0.05) is 23.5 Å². The molecule has 33 heavy (non-hydrogen) atoms. The molecule has 7 nitrogen and oxygen atoms in total. The highest BCUT2D eigenvalue weighted by atomic mass is 32.2. The van der Waals surface area contributed by atoms with Crippen molar-refractivity contribution in [3.05, 3.63) is 89.1 Å². The van der Waals surface area contributed by atoms with Gasteiger partial charge in [0.05, 0.1) is 5.75 Å². The molecule has 0 fully saturated rings. The third-order valence-corrected chi connectivity index (χ3v) is 6.41. The third kappa shape index (κ3) is 4.52. The van der Waals surface area contributed by atoms with E-state index in [4.69, 9.17) is 13.9 Å². The average Bonchev–Trinajstić information content (AvgIpc) is 3.43. The van der Waals surface area contributed by atoms with E-state index in [2.05, 4.69) is 26.9 Å². The minimum Gasteiger partial charge on any atom is -0.485 e. The predicted octanol–water partition coefficient (Wildman–Crippen LogP) is 5.02. The van der Waals surface area contributed by atoms with Crippen molar-refractivity contribution in [1.29, 1.82) is 0 Å². The van der Waals surface area contributed by atoms with Crippen LogP contribution in [0.2, 0.25) is 0 Å². The highest BCUT2D eigenvalue weighted by Crippen LogP contribution is 2.36. The molecule has 0 saturated carbocycles. The summed E-state index contributed by atoms with van der Waals surface area (Å²) in [6, 6.07) is 19.6. The van der Waals surface area contributed by atoms with Crippen molar-refractivity contribution in [2.45, 2.75) is 31.7 Å². The highest BCUT2D eigenvalue weighted by Gasteiger charge is 2.27. The molecule has 0 spiro atoms. The molecule has 1 unspecified atom stereocenters. The highest BCUT2D eigenvalue weighted by molar-refractivity contribution is 7.99. The lowest BCUT2D eigenvalue weighted by Gasteiger charge is -2.23. The number of hydrogen-bond donors (Lipinski definition) is 0. The van der Waals surface area contributed by atoms with Crippen molar-refractivity contribution in [1.82, 2.24) is 14.8 Å². The predicted molar refractivity (Wildman–Crippen MR) is 124 cm³/mol. The summed E-state index contributed by atoms with van der Waals surface area (Å²) in [6.07, 6.45) is -0.477. The van der Waals surface area contributed by atoms with E-state index < -0.39 is 6.10 Å². The molecular weight excluding hydrogens is 438 g/mol. The van der Waals surface area contributed by atoms with Crippen LogP contribution in [0.5, 0.6) is 11.5 Å². The van der Waals surface area contributed by atoms with Crippen molar-refractivity contribution in [2.24, 2.45) is 0 Å². The number of benzene rings is 2. The summed E-state index contributed by atoms with van der Waals surface area (Å²) in [5, 5.41) is 8.49. The number of ketones is 1. The molecule has 0 amide bonds. The maximum absolute atomic E-state index is 12.9. The topological polar surface area (TPSA) is 79.4 Å². The van der Waals surface area contributed by atoms with Gasteiger partial charge in [0.25, 0.3) is 11.1 Å². The van der Waals surface area contributed by atoms with Crippen LogP contribution < -0.4 is 9.47 Å². The van der Waals surface area contributed by atoms with Crippen LogP contribution in [0.25, 0.3) is 0 Å². The van der Waals surface area contributed by atoms with E-state index in [9.17, 15) is 4.79 Å². The normalized spacial score (nSPS) is 14.9. The first kappa shape index (κ1) is 21.3. The van der Waals surface area contributed by atoms with E-state index in [0.29, 0.717) is 22.6 Å². The Kier molecular flexibility index (Phi) is 5.92. The number of aryl methyl sites for hydroxylation is 1. The number of carbonyl (C=O) groups is 1. The van der Waals surface area contributed by atoms with Gasteiger partial charge in [-0.05, 0) is 37.6 Å². The van der Waals surface area contributed by atoms with E-state index in [1.807, 2.05) is 62.4 Å². The molecule has 0 N–H and O–H groups in total. The minimum absolute atomic E-state index is 0.0262. The molecule has 0 radical (unpaired) electrons. The number of thioether (sulfide) groups is 1. The van der Waals surface area contributed by atoms with Gasteiger partial charge in [0.2, 0.25) is 6.10 Å². The molecule has 0 aliphatic carbocycles. The van der Waals surface area contributed by atoms with Crippen LogP contribution in [-0.4, -0.2) is 32.9 Å². The van der Waals surface area contributed by atoms with Gasteiger partial charge in [0.1, 0.15) is 6.61 Å². The van der Waals surface area contributed by atoms with Crippen LogP contribution in [0.15, 0.2) is 70.3 Å². The number of Topliss-reactive ketones (excluding diaryl/α,β-unsaturated/α-hetero) is 1. The maximum atomic E-state index is 12.9. The van der Waals surface area contributed by atoms with E-state index >= 15 is 0 Å². The Morgan fingerprint density at radius 3 is 2.64 bits per heavy atom. The molecule has 168 valence electrons. The van der Waals surface area contributed by atoms with Crippen LogP contribution >= 0.6 is 11.8 Å². The number of hydrogen-bond acceptors (Lipinski definition) is 7. The van der Waals surface area contributed by atoms with Gasteiger partial charge in [0.15, 0.2) is 17.3 Å². The number of rotatable bonds is 7. The summed E-state index contributed by atoms with van der Waals surface area (Å²) >= 11 is 1.23. The largest absolute Gasteiger partial charge is 0.485 e. The Morgan fingerprint density at radius 2 is 1.82 bits per heavy atom. The van der Waals surface area contributed by atoms with Crippen LogP contribution in [0.3, 0.4) is 0 Å². The van der Waals surface area contributed by atoms with Crippen LogP contribution in [0.4, 0.5) is 0 Å². The molecule has 5 rings (SSSR count). The molecule has 2 aromatic carbocycles. The standard InChI is InChI=1S/C25H23N3O4S/c1-16-12-19(17(2)28(16)13-18-8-4-3-5-9-18)20(29)15-33-25-27-26-24(32-25)23-14-30-21-10-6-7-11-22(21)31-23/h3-12,23H,13-15H2,1-2H3. The van der Waals surface area contributed by atoms with Gasteiger partial charge >= 0.3 is 0 Å². The maximum Gasteiger partial charge on any atom is 0.277 e. The number of fused-ring (bicyclic) bond motifs is 1. The number of para-hydroxylation sites is 2. The summed E-state index contributed by atoms with van der Waals surface area (Å²) in [7, 11) is 0. The molecule has 1 atom stereocenters. The molecule has 0 saturated heterocycles. The van der Waals surface area contributed by atoms with E-state index in [0.717, 1.165) is 23.5 Å². The van der Waals surface area contributed by atoms with Crippen LogP contribution in [-0.2, 0) is 6.54 Å². The first-order valence-corrected chi connectivity index (χ1v) is 11.7. The fraction of sp³-hybridized carbons (Fsp3) is 0.240. The van der Waals surface area contributed by atoms with Crippen LogP contribution in [0.1, 0.15) is 39.3 Å². The van der Waals surface area contributed by atoms with E-state index in [1.54, 1.807) is 0 Å². The van der Waals surface area contributed by atoms with Gasteiger partial charge < -0.3 is 18.5 Å². The Labute approximate surface area is 195 Å². The molecule has 0 bridgehead atoms. The second kappa shape index (κ2) is 9.15. The van der Waals surface area contributed by atoms with Crippen molar-refractivity contribution in [3.8, 4) is 11.5 Å². The van der Waals surface area contributed by atoms with E-state index in [-0.39, 0.29) is 18.1 Å². The van der Waals surface area contributed by atoms with Crippen LogP contribution in [0, 0.1) is 13.8 Å². The Bertz CT molecular complexity index is 1280. The molecular formula is C25H23N3O4S. The second-order valence-corrected chi connectivity index (χ2v) is 8.77. The van der Waals surface area contributed by atoms with Crippen molar-refractivity contribution in [2.75, 3.05) is 12.4 Å². The van der Waals surface area contributed by atoms with Gasteiger partial charge in [-0.3, -0.25) is 4.79 Å². The van der Waals surface area contributed by atoms with Crippen molar-refractivity contribution in [3.63, 3.8) is 0 Å². The van der Waals surface area contributed by atoms with Gasteiger partial charge in [-0.2, -0.15) is 0 Å². The summed E-state index contributed by atoms with van der Waals surface area (Å²) < 4.78 is 19.5. The summed E-state index contributed by atoms with van der Waals surface area (Å²) in [4.78, 5) is 12.9. The van der Waals surface area contributed by atoms with Crippen molar-refractivity contribution < 1.29 is 18.7 Å². The lowest BCUT2D eigenvalue weighted by Crippen LogP contribution is -2.21. The summed E-state index contributed by atoms with van der Waals surface area (Å²) in [6.45, 7) is 5.03. The fourth-order valence-corrected chi connectivity index (χ4v) is 4.50. The zero-order valence-electron chi connectivity index (χ0n) is 18.4. The SMILES string of the molecule is Cc1cc(C(=O)CSc2nnc(C3COc4ccccc4O3)o2)c(C)n1Cc1ccccc1. The molecule has 2 aromatic heterocycles. The second-order valence-electron chi connectivity index (χ2n) is 7.84. The zero-order valence-corrected chi connectivity index (χ0v) is 19.2. The molecule has 8 heteroatoms. The summed E-state index contributed by atoms with van der Waals surface area (Å²) in [5.41, 5.74) is 3.93. The van der Waals surface area contributed by atoms with E-state index in [1.165, 1.54) is 17.3 Å². The number of nitrogens with zero attached hydrogens (tertiary/aromatic N) is 3. The first-order valence-electron chi connectivity index (χ1n) is 10.7. The first-order chi connectivity index (χ1) is 16.1. The number of ether oxygens (including phenoxy) is 2. The lowest BCUT2D eigenvalue weighted by atomic mass is 10.2. The zero-order chi connectivity index (χ0) is 22.8. The van der Waals surface area contributed by atoms with Gasteiger partial charge in [-0.15, -0.1) is 10.2 Å². The van der Waals surface area contributed by atoms with Crippen molar-refractivity contribution >= 4 is 17.5 Å². The molecule has 1 aliphatic heterocycles. The minimum atomic E-state index is -0.477. The third-order valence-electron chi connectivity index (χ3n) is 5.59. The molecule has 3 heterocycles. The quantitative estimate of drug-likeness (QED) is 0.282. The Balaban J connectivity index is 1.23. The Morgan fingerprint density at radius 1 is 1.06 bits per heavy atom. The monoisotopic (exact) mass is 461 g/mol. The Hall–Kier alpha value is -3.52. The fourth-order valence-electron chi connectivity index (χ4n) is 3.85. The van der Waals surface area contributed by atoms with Gasteiger partial charge in [-0.25, -0.2) is 0 Å². The average molecular weight is 462 g/mol. The summed E-state index contributed by atoms with van der Waals surface area (Å²) in [5.74, 6) is 1.90. The molecule has 4 aromatic rings. The smallest absolute Gasteiger partial charge is 0.277 e. The number of carbonyl (C=O) groups excluding carboxylic acids is 1. The van der Waals surface area contributed by atoms with Gasteiger partial charge in [-0.1, -0.05) is 54.2 Å².